The van der Waals surface area contributed by atoms with E-state index in [1.165, 1.54) is 10.4 Å². The molecule has 2 aliphatic rings. The number of carbonyl (C=O) groups excluding carboxylic acids is 2. The largest absolute Gasteiger partial charge is 0.354 e. The molecule has 1 fully saturated rings. The molecule has 3 rings (SSSR count). The molecule has 2 aliphatic heterocycles. The van der Waals surface area contributed by atoms with E-state index in [-0.39, 0.29) is 23.9 Å². The van der Waals surface area contributed by atoms with Gasteiger partial charge >= 0.3 is 0 Å². The summed E-state index contributed by atoms with van der Waals surface area (Å²) in [6.07, 6.45) is 3.71. The third kappa shape index (κ3) is 3.33. The lowest BCUT2D eigenvalue weighted by molar-refractivity contribution is -0.129. The fraction of sp³-hybridized carbons (Fsp3) is 0.625. The number of amides is 2. The summed E-state index contributed by atoms with van der Waals surface area (Å²) >= 11 is 1.80. The van der Waals surface area contributed by atoms with E-state index in [1.807, 2.05) is 0 Å². The van der Waals surface area contributed by atoms with Gasteiger partial charge in [0.1, 0.15) is 6.04 Å². The first-order valence-electron chi connectivity index (χ1n) is 8.02. The molecule has 1 aromatic rings. The number of carbonyl (C=O) groups is 2. The topological polar surface area (TPSA) is 61.4 Å². The second-order valence-electron chi connectivity index (χ2n) is 6.10. The van der Waals surface area contributed by atoms with Crippen molar-refractivity contribution < 1.29 is 9.59 Å². The van der Waals surface area contributed by atoms with E-state index in [0.717, 1.165) is 38.8 Å². The Kier molecular flexibility index (Phi) is 4.78. The number of nitrogens with one attached hydrogen (secondary N) is 2. The number of hydrogen-bond donors (Lipinski definition) is 2. The van der Waals surface area contributed by atoms with Crippen molar-refractivity contribution in [1.82, 2.24) is 15.5 Å². The lowest BCUT2D eigenvalue weighted by Gasteiger charge is -2.33. The summed E-state index contributed by atoms with van der Waals surface area (Å²) in [5.41, 5.74) is 1.34. The van der Waals surface area contributed by atoms with Gasteiger partial charge in [-0.2, -0.15) is 0 Å². The molecular formula is C16H23N3O2S. The van der Waals surface area contributed by atoms with Crippen LogP contribution in [0.4, 0.5) is 0 Å². The standard InChI is InChI=1S/C16H23N3O2S/c1-11-12-6-9-22-14(12)5-8-19(11)10-15(20)18-13-4-2-3-7-17-16(13)21/h6,9,11,13H,2-5,7-8,10H2,1H3,(H,17,21)(H,18,20)/t11-,13+/m1/s1. The van der Waals surface area contributed by atoms with Crippen LogP contribution >= 0.6 is 11.3 Å². The van der Waals surface area contributed by atoms with E-state index in [4.69, 9.17) is 0 Å². The van der Waals surface area contributed by atoms with Crippen molar-refractivity contribution in [3.05, 3.63) is 21.9 Å². The molecule has 2 amide bonds. The van der Waals surface area contributed by atoms with Crippen LogP contribution in [0.3, 0.4) is 0 Å². The Morgan fingerprint density at radius 3 is 3.23 bits per heavy atom. The van der Waals surface area contributed by atoms with Crippen molar-refractivity contribution in [2.24, 2.45) is 0 Å². The number of thiophene rings is 1. The summed E-state index contributed by atoms with van der Waals surface area (Å²) in [5.74, 6) is -0.0924. The van der Waals surface area contributed by atoms with Crippen molar-refractivity contribution >= 4 is 23.2 Å². The highest BCUT2D eigenvalue weighted by molar-refractivity contribution is 7.10. The molecular weight excluding hydrogens is 298 g/mol. The maximum absolute atomic E-state index is 12.3. The predicted molar refractivity (Wildman–Crippen MR) is 86.8 cm³/mol. The zero-order chi connectivity index (χ0) is 15.5. The summed E-state index contributed by atoms with van der Waals surface area (Å²) in [7, 11) is 0. The molecule has 0 aromatic carbocycles. The molecule has 0 unspecified atom stereocenters. The molecule has 0 spiro atoms. The van der Waals surface area contributed by atoms with E-state index >= 15 is 0 Å². The quantitative estimate of drug-likeness (QED) is 0.886. The highest BCUT2D eigenvalue weighted by Crippen LogP contribution is 2.32. The van der Waals surface area contributed by atoms with Crippen LogP contribution in [0, 0.1) is 0 Å². The number of hydrogen-bond acceptors (Lipinski definition) is 4. The zero-order valence-corrected chi connectivity index (χ0v) is 13.7. The Bertz CT molecular complexity index is 557. The normalized spacial score (nSPS) is 26.0. The van der Waals surface area contributed by atoms with Crippen LogP contribution in [0.2, 0.25) is 0 Å². The summed E-state index contributed by atoms with van der Waals surface area (Å²) < 4.78 is 0. The molecule has 0 saturated carbocycles. The van der Waals surface area contributed by atoms with Crippen molar-refractivity contribution in [3.8, 4) is 0 Å². The monoisotopic (exact) mass is 321 g/mol. The van der Waals surface area contributed by atoms with Gasteiger partial charge in [-0.05, 0) is 49.6 Å². The van der Waals surface area contributed by atoms with Gasteiger partial charge in [-0.25, -0.2) is 0 Å². The van der Waals surface area contributed by atoms with E-state index in [1.54, 1.807) is 11.3 Å². The van der Waals surface area contributed by atoms with E-state index in [2.05, 4.69) is 33.9 Å². The van der Waals surface area contributed by atoms with Gasteiger partial charge < -0.3 is 10.6 Å². The van der Waals surface area contributed by atoms with Crippen LogP contribution in [-0.4, -0.2) is 42.4 Å². The first kappa shape index (κ1) is 15.5. The Balaban J connectivity index is 1.57. The van der Waals surface area contributed by atoms with Gasteiger partial charge in [0.15, 0.2) is 0 Å². The van der Waals surface area contributed by atoms with Gasteiger partial charge in [0.05, 0.1) is 6.54 Å². The summed E-state index contributed by atoms with van der Waals surface area (Å²) in [6, 6.07) is 2.06. The number of fused-ring (bicyclic) bond motifs is 1. The van der Waals surface area contributed by atoms with Gasteiger partial charge in [0, 0.05) is 24.0 Å². The second kappa shape index (κ2) is 6.79. The Hall–Kier alpha value is -1.40. The van der Waals surface area contributed by atoms with Crippen LogP contribution in [0.5, 0.6) is 0 Å². The predicted octanol–water partition coefficient (Wildman–Crippen LogP) is 1.45. The highest BCUT2D eigenvalue weighted by Gasteiger charge is 2.28. The van der Waals surface area contributed by atoms with Crippen molar-refractivity contribution in [2.75, 3.05) is 19.6 Å². The molecule has 1 aromatic heterocycles. The Morgan fingerprint density at radius 1 is 1.50 bits per heavy atom. The molecule has 22 heavy (non-hydrogen) atoms. The summed E-state index contributed by atoms with van der Waals surface area (Å²) in [5, 5.41) is 7.89. The molecule has 6 heteroatoms. The minimum Gasteiger partial charge on any atom is -0.354 e. The van der Waals surface area contributed by atoms with Crippen molar-refractivity contribution in [2.45, 2.75) is 44.7 Å². The molecule has 2 atom stereocenters. The van der Waals surface area contributed by atoms with Crippen LogP contribution in [-0.2, 0) is 16.0 Å². The lowest BCUT2D eigenvalue weighted by atomic mass is 10.0. The summed E-state index contributed by atoms with van der Waals surface area (Å²) in [6.45, 7) is 4.13. The van der Waals surface area contributed by atoms with E-state index < -0.39 is 0 Å². The molecule has 120 valence electrons. The van der Waals surface area contributed by atoms with Gasteiger partial charge in [-0.3, -0.25) is 14.5 Å². The highest BCUT2D eigenvalue weighted by atomic mass is 32.1. The fourth-order valence-corrected chi connectivity index (χ4v) is 4.24. The lowest BCUT2D eigenvalue weighted by Crippen LogP contribution is -2.49. The van der Waals surface area contributed by atoms with Crippen molar-refractivity contribution in [3.63, 3.8) is 0 Å². The summed E-state index contributed by atoms with van der Waals surface area (Å²) in [4.78, 5) is 27.8. The van der Waals surface area contributed by atoms with Crippen LogP contribution in [0.25, 0.3) is 0 Å². The Labute approximate surface area is 135 Å². The zero-order valence-electron chi connectivity index (χ0n) is 12.9. The maximum Gasteiger partial charge on any atom is 0.242 e. The number of nitrogens with zero attached hydrogens (tertiary/aromatic N) is 1. The van der Waals surface area contributed by atoms with E-state index in [9.17, 15) is 9.59 Å². The average Bonchev–Trinajstić information content (AvgIpc) is 2.89. The SMILES string of the molecule is C[C@@H]1c2ccsc2CCN1CC(=O)N[C@H]1CCCCNC1=O. The smallest absolute Gasteiger partial charge is 0.242 e. The minimum absolute atomic E-state index is 0.0438. The van der Waals surface area contributed by atoms with Crippen LogP contribution < -0.4 is 10.6 Å². The molecule has 5 nitrogen and oxygen atoms in total. The second-order valence-corrected chi connectivity index (χ2v) is 7.10. The van der Waals surface area contributed by atoms with Crippen molar-refractivity contribution in [1.29, 1.82) is 0 Å². The van der Waals surface area contributed by atoms with E-state index in [0.29, 0.717) is 6.54 Å². The maximum atomic E-state index is 12.3. The van der Waals surface area contributed by atoms with Gasteiger partial charge in [-0.1, -0.05) is 0 Å². The van der Waals surface area contributed by atoms with Gasteiger partial charge in [0.2, 0.25) is 11.8 Å². The number of rotatable bonds is 3. The fourth-order valence-electron chi connectivity index (χ4n) is 3.28. The van der Waals surface area contributed by atoms with Crippen LogP contribution in [0.1, 0.15) is 42.7 Å². The van der Waals surface area contributed by atoms with Crippen LogP contribution in [0.15, 0.2) is 11.4 Å². The van der Waals surface area contributed by atoms with Gasteiger partial charge in [0.25, 0.3) is 0 Å². The first-order chi connectivity index (χ1) is 10.6. The molecule has 2 N–H and O–H groups in total. The van der Waals surface area contributed by atoms with Gasteiger partial charge in [-0.15, -0.1) is 11.3 Å². The first-order valence-corrected chi connectivity index (χ1v) is 8.90. The Morgan fingerprint density at radius 2 is 2.36 bits per heavy atom. The third-order valence-electron chi connectivity index (χ3n) is 4.62. The average molecular weight is 321 g/mol. The molecule has 0 aliphatic carbocycles. The molecule has 3 heterocycles. The molecule has 1 saturated heterocycles. The molecule has 0 bridgehead atoms. The third-order valence-corrected chi connectivity index (χ3v) is 5.62. The minimum atomic E-state index is -0.369. The molecule has 0 radical (unpaired) electrons.